The van der Waals surface area contributed by atoms with E-state index < -0.39 is 6.09 Å². The summed E-state index contributed by atoms with van der Waals surface area (Å²) in [6, 6.07) is 27.5. The number of carbonyl (C=O) groups excluding carboxylic acids is 3. The Bertz CT molecular complexity index is 1480. The zero-order valence-corrected chi connectivity index (χ0v) is 29.5. The first kappa shape index (κ1) is 36.9. The van der Waals surface area contributed by atoms with Crippen LogP contribution in [0.4, 0.5) is 15.3 Å². The summed E-state index contributed by atoms with van der Waals surface area (Å²) in [7, 11) is 1.89. The van der Waals surface area contributed by atoms with Gasteiger partial charge in [0.05, 0.1) is 5.69 Å². The van der Waals surface area contributed by atoms with Crippen molar-refractivity contribution in [3.63, 3.8) is 0 Å². The van der Waals surface area contributed by atoms with Gasteiger partial charge in [-0.05, 0) is 62.4 Å². The topological polar surface area (TPSA) is 94.7 Å². The van der Waals surface area contributed by atoms with Crippen molar-refractivity contribution in [1.82, 2.24) is 19.6 Å². The van der Waals surface area contributed by atoms with E-state index in [1.165, 1.54) is 0 Å². The number of nitrogens with zero attached hydrogens (tertiary/aromatic N) is 4. The summed E-state index contributed by atoms with van der Waals surface area (Å²) in [5.41, 5.74) is 3.73. The predicted octanol–water partition coefficient (Wildman–Crippen LogP) is 6.73. The Morgan fingerprint density at radius 2 is 1.46 bits per heavy atom. The van der Waals surface area contributed by atoms with Gasteiger partial charge in [-0.25, -0.2) is 9.59 Å². The van der Waals surface area contributed by atoms with Crippen LogP contribution in [0.5, 0.6) is 0 Å². The third-order valence-electron chi connectivity index (χ3n) is 9.65. The number of nitrogens with one attached hydrogen (secondary N) is 1. The van der Waals surface area contributed by atoms with Crippen LogP contribution in [0.2, 0.25) is 0 Å². The minimum atomic E-state index is -0.424. The fourth-order valence-corrected chi connectivity index (χ4v) is 6.59. The summed E-state index contributed by atoms with van der Waals surface area (Å²) < 4.78 is 11.3. The highest BCUT2D eigenvalue weighted by Crippen LogP contribution is 2.28. The number of likely N-dealkylation sites (N-methyl/N-ethyl adjacent to an activating group) is 1. The molecule has 1 N–H and O–H groups in total. The van der Waals surface area contributed by atoms with Crippen molar-refractivity contribution < 1.29 is 23.9 Å². The molecule has 2 aliphatic heterocycles. The maximum Gasteiger partial charge on any atom is 0.411 e. The number of likely N-dealkylation sites (tertiary alicyclic amines) is 1. The second-order valence-corrected chi connectivity index (χ2v) is 13.3. The highest BCUT2D eigenvalue weighted by molar-refractivity contribution is 5.91. The molecular formula is C40H53N5O5. The lowest BCUT2D eigenvalue weighted by molar-refractivity contribution is -0.130. The molecule has 0 radical (unpaired) electrons. The average molecular weight is 684 g/mol. The molecule has 0 spiro atoms. The normalized spacial score (nSPS) is 16.0. The Balaban J connectivity index is 0.897. The number of hydrogen-bond donors (Lipinski definition) is 1. The number of amides is 3. The molecule has 0 bridgehead atoms. The van der Waals surface area contributed by atoms with E-state index in [1.807, 2.05) is 102 Å². The number of unbranched alkanes of at least 4 members (excludes halogenated alkanes) is 2. The number of rotatable bonds is 14. The van der Waals surface area contributed by atoms with Gasteiger partial charge in [0.25, 0.3) is 0 Å². The Morgan fingerprint density at radius 3 is 2.24 bits per heavy atom. The minimum absolute atomic E-state index is 0.121. The maximum absolute atomic E-state index is 12.8. The molecule has 50 heavy (non-hydrogen) atoms. The number of carbonyl (C=O) groups is 3. The molecule has 10 nitrogen and oxygen atoms in total. The summed E-state index contributed by atoms with van der Waals surface area (Å²) >= 11 is 0. The molecule has 2 fully saturated rings. The van der Waals surface area contributed by atoms with Crippen molar-refractivity contribution in [1.29, 1.82) is 0 Å². The SMILES string of the molecule is CN(CCN1CCC(OC(=O)Nc2ccccc2-c2ccccc2)CC1)C(=O)CCCCCN1CCCN(C(=O)OCc2ccccc2)CC1. The van der Waals surface area contributed by atoms with E-state index >= 15 is 0 Å². The minimum Gasteiger partial charge on any atom is -0.446 e. The third-order valence-corrected chi connectivity index (χ3v) is 9.65. The van der Waals surface area contributed by atoms with Gasteiger partial charge in [-0.2, -0.15) is 0 Å². The van der Waals surface area contributed by atoms with Gasteiger partial charge in [0, 0.05) is 64.8 Å². The molecule has 3 amide bonds. The standard InChI is InChI=1S/C40H53N5O5/c1-42(38(46)20-9-4-12-23-43-24-13-25-45(31-30-43)40(48)49-32-33-14-5-2-6-15-33)28-29-44-26-21-35(22-27-44)50-39(47)41-37-19-11-10-18-36(37)34-16-7-3-8-17-34/h2-3,5-8,10-11,14-19,35H,4,9,12-13,20-32H2,1H3,(H,41,47). The van der Waals surface area contributed by atoms with Crippen LogP contribution in [0, 0.1) is 0 Å². The van der Waals surface area contributed by atoms with Gasteiger partial charge in [0.2, 0.25) is 5.91 Å². The van der Waals surface area contributed by atoms with E-state index in [9.17, 15) is 14.4 Å². The van der Waals surface area contributed by atoms with Crippen molar-refractivity contribution in [2.45, 2.75) is 57.7 Å². The van der Waals surface area contributed by atoms with E-state index in [1.54, 1.807) is 0 Å². The molecule has 3 aromatic carbocycles. The second kappa shape index (κ2) is 19.7. The Labute approximate surface area is 297 Å². The molecule has 0 unspecified atom stereocenters. The number of para-hydroxylation sites is 1. The zero-order chi connectivity index (χ0) is 35.0. The van der Waals surface area contributed by atoms with Crippen LogP contribution in [-0.4, -0.2) is 110 Å². The van der Waals surface area contributed by atoms with E-state index in [-0.39, 0.29) is 18.1 Å². The van der Waals surface area contributed by atoms with Gasteiger partial charge in [0.15, 0.2) is 0 Å². The van der Waals surface area contributed by atoms with Crippen LogP contribution in [0.25, 0.3) is 11.1 Å². The lowest BCUT2D eigenvalue weighted by atomic mass is 10.0. The monoisotopic (exact) mass is 683 g/mol. The van der Waals surface area contributed by atoms with Gasteiger partial charge >= 0.3 is 12.2 Å². The molecule has 0 aromatic heterocycles. The van der Waals surface area contributed by atoms with Crippen LogP contribution in [-0.2, 0) is 20.9 Å². The lowest BCUT2D eigenvalue weighted by Gasteiger charge is -2.32. The molecular weight excluding hydrogens is 630 g/mol. The van der Waals surface area contributed by atoms with Gasteiger partial charge in [-0.3, -0.25) is 10.1 Å². The van der Waals surface area contributed by atoms with Crippen LogP contribution in [0.15, 0.2) is 84.9 Å². The number of piperidine rings is 1. The quantitative estimate of drug-likeness (QED) is 0.188. The van der Waals surface area contributed by atoms with Crippen molar-refractivity contribution >= 4 is 23.8 Å². The third kappa shape index (κ3) is 11.9. The summed E-state index contributed by atoms with van der Waals surface area (Å²) in [6.07, 6.45) is 5.22. The van der Waals surface area contributed by atoms with Crippen LogP contribution < -0.4 is 5.32 Å². The molecule has 2 heterocycles. The highest BCUT2D eigenvalue weighted by atomic mass is 16.6. The van der Waals surface area contributed by atoms with Crippen molar-refractivity contribution in [3.8, 4) is 11.1 Å². The van der Waals surface area contributed by atoms with Crippen molar-refractivity contribution in [2.24, 2.45) is 0 Å². The number of benzene rings is 3. The van der Waals surface area contributed by atoms with E-state index in [2.05, 4.69) is 15.1 Å². The molecule has 0 aliphatic carbocycles. The molecule has 0 atom stereocenters. The van der Waals surface area contributed by atoms with Gasteiger partial charge in [-0.1, -0.05) is 85.3 Å². The predicted molar refractivity (Wildman–Crippen MR) is 197 cm³/mol. The number of anilines is 1. The van der Waals surface area contributed by atoms with Crippen LogP contribution in [0.1, 0.15) is 50.5 Å². The zero-order valence-electron chi connectivity index (χ0n) is 29.5. The first-order chi connectivity index (χ1) is 24.4. The van der Waals surface area contributed by atoms with Gasteiger partial charge < -0.3 is 29.1 Å². The summed E-state index contributed by atoms with van der Waals surface area (Å²) in [5.74, 6) is 0.190. The van der Waals surface area contributed by atoms with Gasteiger partial charge in [0.1, 0.15) is 12.7 Å². The summed E-state index contributed by atoms with van der Waals surface area (Å²) in [5, 5.41) is 2.94. The smallest absolute Gasteiger partial charge is 0.411 e. The summed E-state index contributed by atoms with van der Waals surface area (Å²) in [6.45, 7) is 7.70. The van der Waals surface area contributed by atoms with Crippen molar-refractivity contribution in [3.05, 3.63) is 90.5 Å². The second-order valence-electron chi connectivity index (χ2n) is 13.3. The highest BCUT2D eigenvalue weighted by Gasteiger charge is 2.24. The molecule has 10 heteroatoms. The fourth-order valence-electron chi connectivity index (χ4n) is 6.59. The van der Waals surface area contributed by atoms with E-state index in [0.717, 1.165) is 107 Å². The Kier molecular flexibility index (Phi) is 14.5. The molecule has 2 aliphatic rings. The van der Waals surface area contributed by atoms with Crippen molar-refractivity contribution in [2.75, 3.05) is 71.3 Å². The van der Waals surface area contributed by atoms with Crippen LogP contribution in [0.3, 0.4) is 0 Å². The first-order valence-corrected chi connectivity index (χ1v) is 18.2. The fraction of sp³-hybridized carbons (Fsp3) is 0.475. The van der Waals surface area contributed by atoms with E-state index in [0.29, 0.717) is 26.1 Å². The van der Waals surface area contributed by atoms with E-state index in [4.69, 9.17) is 9.47 Å². The summed E-state index contributed by atoms with van der Waals surface area (Å²) in [4.78, 5) is 46.5. The lowest BCUT2D eigenvalue weighted by Crippen LogP contribution is -2.42. The molecule has 2 saturated heterocycles. The Hall–Kier alpha value is -4.41. The maximum atomic E-state index is 12.8. The molecule has 268 valence electrons. The number of hydrogen-bond acceptors (Lipinski definition) is 7. The molecule has 0 saturated carbocycles. The molecule has 5 rings (SSSR count). The number of ether oxygens (including phenoxy) is 2. The Morgan fingerprint density at radius 1 is 0.760 bits per heavy atom. The molecule has 3 aromatic rings. The largest absolute Gasteiger partial charge is 0.446 e. The van der Waals surface area contributed by atoms with Crippen LogP contribution >= 0.6 is 0 Å². The first-order valence-electron chi connectivity index (χ1n) is 18.2. The van der Waals surface area contributed by atoms with Gasteiger partial charge in [-0.15, -0.1) is 0 Å². The average Bonchev–Trinajstić information content (AvgIpc) is 3.40.